The Morgan fingerprint density at radius 3 is 2.83 bits per heavy atom. The number of hydrogen-bond acceptors (Lipinski definition) is 0. The molecule has 0 aromatic carbocycles. The van der Waals surface area contributed by atoms with Crippen molar-refractivity contribution >= 4 is 16.5 Å². The molecule has 0 aromatic heterocycles. The fraction of sp³-hybridized carbons (Fsp3) is 0.500. The molecule has 1 heterocycles. The van der Waals surface area contributed by atoms with Crippen LogP contribution in [-0.4, -0.2) is 14.9 Å². The van der Waals surface area contributed by atoms with E-state index in [1.54, 1.807) is 7.72 Å². The lowest BCUT2D eigenvalue weighted by Gasteiger charge is -1.87. The monoisotopic (exact) mass is 113 g/mol. The molecule has 0 saturated carbocycles. The van der Waals surface area contributed by atoms with Crippen molar-refractivity contribution < 1.29 is 0 Å². The third-order valence-corrected chi connectivity index (χ3v) is 3.41. The molecule has 0 fully saturated rings. The molecule has 0 atom stereocenters. The van der Waals surface area contributed by atoms with Crippen molar-refractivity contribution in [1.82, 2.24) is 0 Å². The van der Waals surface area contributed by atoms with E-state index in [4.69, 9.17) is 0 Å². The predicted molar refractivity (Wildman–Crippen MR) is 31.3 cm³/mol. The van der Waals surface area contributed by atoms with Crippen LogP contribution in [0.2, 0.25) is 0 Å². The van der Waals surface area contributed by atoms with Crippen LogP contribution >= 0.6 is 7.72 Å². The average molecular weight is 113 g/mol. The van der Waals surface area contributed by atoms with Gasteiger partial charge in [-0.05, 0) is 12.6 Å². The first kappa shape index (κ1) is 4.42. The fourth-order valence-electron chi connectivity index (χ4n) is 0.392. The van der Waals surface area contributed by atoms with Crippen LogP contribution in [0.1, 0.15) is 6.42 Å². The van der Waals surface area contributed by atoms with Gasteiger partial charge >= 0.3 is 0 Å². The summed E-state index contributed by atoms with van der Waals surface area (Å²) < 4.78 is 0. The van der Waals surface area contributed by atoms with Crippen LogP contribution in [0.25, 0.3) is 0 Å². The minimum Gasteiger partial charge on any atom is -0.130 e. The molecule has 0 saturated heterocycles. The molecular weight excluding hydrogens is 107 g/mol. The Labute approximate surface area is 41.7 Å². The van der Waals surface area contributed by atoms with Gasteiger partial charge in [0.05, 0.1) is 8.77 Å². The van der Waals surface area contributed by atoms with Gasteiger partial charge in [0.2, 0.25) is 0 Å². The van der Waals surface area contributed by atoms with Gasteiger partial charge in [-0.15, -0.1) is 7.72 Å². The molecule has 1 rings (SSSR count). The van der Waals surface area contributed by atoms with Crippen molar-refractivity contribution in [3.63, 3.8) is 0 Å². The van der Waals surface area contributed by atoms with Crippen LogP contribution in [0.4, 0.5) is 0 Å². The molecule has 0 aliphatic carbocycles. The zero-order chi connectivity index (χ0) is 4.24. The number of hydrogen-bond donors (Lipinski definition) is 0. The highest BCUT2D eigenvalue weighted by atomic mass is 31.2. The molecule has 0 aromatic rings. The summed E-state index contributed by atoms with van der Waals surface area (Å²) in [7, 11) is 2.73. The van der Waals surface area contributed by atoms with Crippen molar-refractivity contribution in [3.8, 4) is 0 Å². The summed E-state index contributed by atoms with van der Waals surface area (Å²) in [6.07, 6.45) is 4.98. The van der Waals surface area contributed by atoms with Crippen molar-refractivity contribution in [2.75, 3.05) is 6.16 Å². The van der Waals surface area contributed by atoms with Gasteiger partial charge in [-0.1, -0.05) is 11.8 Å². The fourth-order valence-corrected chi connectivity index (χ4v) is 2.58. The summed E-state index contributed by atoms with van der Waals surface area (Å²) in [5.74, 6) is 0. The highest BCUT2D eigenvalue weighted by Crippen LogP contribution is 2.01. The standard InChI is InChI=1S/C4H6PSi/c1-2-4-6-5-3-1/h2,4H,1,3H2. The third-order valence-electron chi connectivity index (χ3n) is 0.691. The topological polar surface area (TPSA) is 0 Å². The van der Waals surface area contributed by atoms with Gasteiger partial charge in [0.15, 0.2) is 0 Å². The van der Waals surface area contributed by atoms with Gasteiger partial charge in [0.1, 0.15) is 0 Å². The van der Waals surface area contributed by atoms with Gasteiger partial charge < -0.3 is 0 Å². The van der Waals surface area contributed by atoms with E-state index in [1.807, 2.05) is 0 Å². The van der Waals surface area contributed by atoms with Crippen molar-refractivity contribution in [2.45, 2.75) is 6.42 Å². The van der Waals surface area contributed by atoms with Crippen LogP contribution in [-0.2, 0) is 0 Å². The quantitative estimate of drug-likeness (QED) is 0.329. The average Bonchev–Trinajstić information content (AvgIpc) is 1.72. The summed E-state index contributed by atoms with van der Waals surface area (Å²) in [6.45, 7) is 0. The molecule has 0 bridgehead atoms. The molecule has 1 aliphatic heterocycles. The second kappa shape index (κ2) is 2.43. The lowest BCUT2D eigenvalue weighted by Crippen LogP contribution is -1.75. The zero-order valence-corrected chi connectivity index (χ0v) is 5.41. The minimum absolute atomic E-state index is 1.09. The highest BCUT2D eigenvalue weighted by molar-refractivity contribution is 7.48. The van der Waals surface area contributed by atoms with E-state index in [2.05, 4.69) is 11.8 Å². The number of allylic oxidation sites excluding steroid dienone is 1. The Morgan fingerprint density at radius 2 is 2.67 bits per heavy atom. The van der Waals surface area contributed by atoms with E-state index in [9.17, 15) is 0 Å². The normalized spacial score (nSPS) is 21.3. The Kier molecular flexibility index (Phi) is 1.79. The van der Waals surface area contributed by atoms with Crippen molar-refractivity contribution in [3.05, 3.63) is 11.8 Å². The van der Waals surface area contributed by atoms with Crippen molar-refractivity contribution in [2.24, 2.45) is 0 Å². The highest BCUT2D eigenvalue weighted by Gasteiger charge is 1.79. The van der Waals surface area contributed by atoms with Crippen LogP contribution in [0, 0.1) is 0 Å². The van der Waals surface area contributed by atoms with Crippen LogP contribution < -0.4 is 0 Å². The van der Waals surface area contributed by atoms with E-state index in [0.29, 0.717) is 0 Å². The van der Waals surface area contributed by atoms with Crippen molar-refractivity contribution in [1.29, 1.82) is 0 Å². The van der Waals surface area contributed by atoms with Gasteiger partial charge in [-0.3, -0.25) is 0 Å². The first-order chi connectivity index (χ1) is 3.00. The maximum atomic E-state index is 2.28. The predicted octanol–water partition coefficient (Wildman–Crippen LogP) is 1.47. The van der Waals surface area contributed by atoms with Gasteiger partial charge in [0, 0.05) is 0 Å². The Morgan fingerprint density at radius 1 is 1.67 bits per heavy atom. The molecule has 6 heavy (non-hydrogen) atoms. The molecule has 0 nitrogen and oxygen atoms in total. The summed E-state index contributed by atoms with van der Waals surface area (Å²) in [5, 5.41) is 0. The SMILES string of the molecule is C1=C[Si]=PCC1. The molecule has 1 radical (unpaired) electrons. The maximum Gasteiger partial charge on any atom is 0.0853 e. The maximum absolute atomic E-state index is 2.28. The summed E-state index contributed by atoms with van der Waals surface area (Å²) in [5.41, 5.74) is 2.28. The van der Waals surface area contributed by atoms with E-state index >= 15 is 0 Å². The second-order valence-electron chi connectivity index (χ2n) is 1.20. The third kappa shape index (κ3) is 1.15. The molecule has 0 spiro atoms. The molecule has 0 unspecified atom stereocenters. The molecular formula is C4H6PSi. The van der Waals surface area contributed by atoms with Gasteiger partial charge in [-0.25, -0.2) is 0 Å². The van der Waals surface area contributed by atoms with E-state index in [-0.39, 0.29) is 0 Å². The Bertz CT molecular complexity index is 73.5. The first-order valence-corrected chi connectivity index (χ1v) is 5.07. The molecule has 0 amide bonds. The molecule has 31 valence electrons. The Balaban J connectivity index is 2.46. The summed E-state index contributed by atoms with van der Waals surface area (Å²) >= 11 is 0. The molecule has 1 aliphatic rings. The van der Waals surface area contributed by atoms with Gasteiger partial charge in [-0.2, -0.15) is 0 Å². The Hall–Kier alpha value is 0.257. The summed E-state index contributed by atoms with van der Waals surface area (Å²) in [6, 6.07) is 0. The summed E-state index contributed by atoms with van der Waals surface area (Å²) in [4.78, 5) is 0. The lowest BCUT2D eigenvalue weighted by atomic mass is 10.5. The smallest absolute Gasteiger partial charge is 0.0853 e. The molecule has 2 heteroatoms. The van der Waals surface area contributed by atoms with E-state index in [0.717, 1.165) is 8.77 Å². The molecule has 0 N–H and O–H groups in total. The first-order valence-electron chi connectivity index (χ1n) is 2.07. The number of rotatable bonds is 0. The van der Waals surface area contributed by atoms with E-state index < -0.39 is 0 Å². The zero-order valence-electron chi connectivity index (χ0n) is 3.52. The van der Waals surface area contributed by atoms with Crippen LogP contribution in [0.3, 0.4) is 0 Å². The van der Waals surface area contributed by atoms with E-state index in [1.165, 1.54) is 12.6 Å². The largest absolute Gasteiger partial charge is 0.130 e. The van der Waals surface area contributed by atoms with Crippen LogP contribution in [0.5, 0.6) is 0 Å². The lowest BCUT2D eigenvalue weighted by molar-refractivity contribution is 1.25. The van der Waals surface area contributed by atoms with Gasteiger partial charge in [0.25, 0.3) is 0 Å². The van der Waals surface area contributed by atoms with Crippen LogP contribution in [0.15, 0.2) is 11.8 Å². The minimum atomic E-state index is 1.09. The second-order valence-corrected chi connectivity index (χ2v) is 4.28.